The fourth-order valence-corrected chi connectivity index (χ4v) is 1.33. The number of halogens is 4. The number of nitrogens with zero attached hydrogens (tertiary/aromatic N) is 2. The Hall–Kier alpha value is -1.62. The Morgan fingerprint density at radius 3 is 2.19 bits per heavy atom. The Morgan fingerprint density at radius 1 is 1.00 bits per heavy atom. The van der Waals surface area contributed by atoms with Crippen molar-refractivity contribution in [1.82, 2.24) is 9.97 Å². The van der Waals surface area contributed by atoms with Crippen LogP contribution in [-0.4, -0.2) is 9.97 Å². The molecule has 82 valence electrons. The Labute approximate surface area is 93.7 Å². The summed E-state index contributed by atoms with van der Waals surface area (Å²) < 4.78 is 38.6. The van der Waals surface area contributed by atoms with Gasteiger partial charge < -0.3 is 0 Å². The van der Waals surface area contributed by atoms with Crippen LogP contribution in [0.2, 0.25) is 5.15 Å². The molecule has 0 N–H and O–H groups in total. The molecule has 0 radical (unpaired) electrons. The van der Waals surface area contributed by atoms with Crippen molar-refractivity contribution in [1.29, 1.82) is 0 Å². The number of benzene rings is 1. The smallest absolute Gasteiger partial charge is 0.194 e. The quantitative estimate of drug-likeness (QED) is 0.720. The number of hydrogen-bond acceptors (Lipinski definition) is 2. The highest BCUT2D eigenvalue weighted by atomic mass is 35.5. The minimum absolute atomic E-state index is 0.0754. The summed E-state index contributed by atoms with van der Waals surface area (Å²) in [5.41, 5.74) is 0.247. The standard InChI is InChI=1S/C10H4ClF3N2/c11-9-4-15-3-8(16-9)5-1-6(12)10(14)7(13)2-5/h1-4H. The van der Waals surface area contributed by atoms with E-state index in [0.717, 1.165) is 12.1 Å². The van der Waals surface area contributed by atoms with Crippen LogP contribution in [0.3, 0.4) is 0 Å². The fraction of sp³-hybridized carbons (Fsp3) is 0. The molecule has 0 spiro atoms. The molecule has 0 aliphatic heterocycles. The second-order valence-corrected chi connectivity index (χ2v) is 3.37. The summed E-state index contributed by atoms with van der Waals surface area (Å²) in [6.07, 6.45) is 2.55. The van der Waals surface area contributed by atoms with E-state index in [1.54, 1.807) is 0 Å². The van der Waals surface area contributed by atoms with E-state index in [2.05, 4.69) is 9.97 Å². The summed E-state index contributed by atoms with van der Waals surface area (Å²) >= 11 is 5.57. The van der Waals surface area contributed by atoms with Gasteiger partial charge in [0.15, 0.2) is 17.5 Å². The first-order valence-corrected chi connectivity index (χ1v) is 4.58. The first kappa shape index (κ1) is 10.9. The largest absolute Gasteiger partial charge is 0.259 e. The SMILES string of the molecule is Fc1cc(-c2cncc(Cl)n2)cc(F)c1F. The number of aromatic nitrogens is 2. The van der Waals surface area contributed by atoms with Crippen molar-refractivity contribution in [3.63, 3.8) is 0 Å². The van der Waals surface area contributed by atoms with Crippen molar-refractivity contribution >= 4 is 11.6 Å². The van der Waals surface area contributed by atoms with Gasteiger partial charge in [0, 0.05) is 5.56 Å². The Bertz CT molecular complexity index is 522. The van der Waals surface area contributed by atoms with E-state index in [9.17, 15) is 13.2 Å². The van der Waals surface area contributed by atoms with E-state index >= 15 is 0 Å². The lowest BCUT2D eigenvalue weighted by molar-refractivity contribution is 0.447. The molecule has 0 bridgehead atoms. The minimum atomic E-state index is -1.52. The van der Waals surface area contributed by atoms with E-state index < -0.39 is 17.5 Å². The van der Waals surface area contributed by atoms with Gasteiger partial charge >= 0.3 is 0 Å². The molecule has 0 aliphatic rings. The molecule has 0 atom stereocenters. The Kier molecular flexibility index (Phi) is 2.78. The summed E-state index contributed by atoms with van der Waals surface area (Å²) in [6, 6.07) is 1.66. The zero-order chi connectivity index (χ0) is 11.7. The Balaban J connectivity index is 2.57. The molecular formula is C10H4ClF3N2. The fourth-order valence-electron chi connectivity index (χ4n) is 1.18. The highest BCUT2D eigenvalue weighted by Gasteiger charge is 2.12. The molecule has 0 aliphatic carbocycles. The predicted octanol–water partition coefficient (Wildman–Crippen LogP) is 3.21. The molecular weight excluding hydrogens is 241 g/mol. The molecule has 16 heavy (non-hydrogen) atoms. The lowest BCUT2D eigenvalue weighted by Crippen LogP contribution is -1.93. The average Bonchev–Trinajstić information content (AvgIpc) is 2.25. The maximum atomic E-state index is 12.9. The van der Waals surface area contributed by atoms with E-state index in [1.165, 1.54) is 12.4 Å². The molecule has 0 saturated heterocycles. The second kappa shape index (κ2) is 4.09. The van der Waals surface area contributed by atoms with E-state index in [0.29, 0.717) is 0 Å². The van der Waals surface area contributed by atoms with E-state index in [1.807, 2.05) is 0 Å². The van der Waals surface area contributed by atoms with Crippen LogP contribution in [0.4, 0.5) is 13.2 Å². The van der Waals surface area contributed by atoms with Crippen LogP contribution in [-0.2, 0) is 0 Å². The molecule has 2 aromatic rings. The summed E-state index contributed by atoms with van der Waals surface area (Å²) in [7, 11) is 0. The van der Waals surface area contributed by atoms with Crippen LogP contribution in [0.1, 0.15) is 0 Å². The lowest BCUT2D eigenvalue weighted by Gasteiger charge is -2.02. The molecule has 2 rings (SSSR count). The summed E-state index contributed by atoms with van der Waals surface area (Å²) in [5.74, 6) is -4.08. The molecule has 6 heteroatoms. The first-order valence-electron chi connectivity index (χ1n) is 4.20. The van der Waals surface area contributed by atoms with Gasteiger partial charge in [-0.05, 0) is 12.1 Å². The van der Waals surface area contributed by atoms with Gasteiger partial charge in [-0.3, -0.25) is 4.98 Å². The van der Waals surface area contributed by atoms with Gasteiger partial charge in [0.25, 0.3) is 0 Å². The van der Waals surface area contributed by atoms with Crippen molar-refractivity contribution < 1.29 is 13.2 Å². The summed E-state index contributed by atoms with van der Waals surface area (Å²) in [5, 5.41) is 0.0858. The van der Waals surface area contributed by atoms with Crippen molar-refractivity contribution in [3.05, 3.63) is 47.1 Å². The zero-order valence-electron chi connectivity index (χ0n) is 7.72. The molecule has 1 heterocycles. The van der Waals surface area contributed by atoms with Crippen molar-refractivity contribution in [2.24, 2.45) is 0 Å². The van der Waals surface area contributed by atoms with E-state index in [-0.39, 0.29) is 16.4 Å². The summed E-state index contributed by atoms with van der Waals surface area (Å²) in [4.78, 5) is 7.51. The van der Waals surface area contributed by atoms with Gasteiger partial charge in [-0.15, -0.1) is 0 Å². The van der Waals surface area contributed by atoms with Crippen LogP contribution in [0.5, 0.6) is 0 Å². The van der Waals surface area contributed by atoms with Gasteiger partial charge in [0.1, 0.15) is 5.15 Å². The number of hydrogen-bond donors (Lipinski definition) is 0. The van der Waals surface area contributed by atoms with Gasteiger partial charge in [-0.1, -0.05) is 11.6 Å². The average molecular weight is 245 g/mol. The molecule has 1 aromatic carbocycles. The van der Waals surface area contributed by atoms with Crippen molar-refractivity contribution in [3.8, 4) is 11.3 Å². The third-order valence-corrected chi connectivity index (χ3v) is 2.07. The van der Waals surface area contributed by atoms with Crippen LogP contribution in [0.15, 0.2) is 24.5 Å². The highest BCUT2D eigenvalue weighted by molar-refractivity contribution is 6.29. The highest BCUT2D eigenvalue weighted by Crippen LogP contribution is 2.22. The molecule has 2 nitrogen and oxygen atoms in total. The lowest BCUT2D eigenvalue weighted by atomic mass is 10.1. The first-order chi connectivity index (χ1) is 7.58. The molecule has 0 amide bonds. The van der Waals surface area contributed by atoms with Gasteiger partial charge in [0.2, 0.25) is 0 Å². The monoisotopic (exact) mass is 244 g/mol. The predicted molar refractivity (Wildman–Crippen MR) is 52.4 cm³/mol. The molecule has 1 aromatic heterocycles. The van der Waals surface area contributed by atoms with Gasteiger partial charge in [0.05, 0.1) is 18.1 Å². The van der Waals surface area contributed by atoms with Crippen LogP contribution in [0, 0.1) is 17.5 Å². The van der Waals surface area contributed by atoms with Crippen LogP contribution >= 0.6 is 11.6 Å². The second-order valence-electron chi connectivity index (χ2n) is 2.98. The zero-order valence-corrected chi connectivity index (χ0v) is 8.47. The molecule has 0 fully saturated rings. The van der Waals surface area contributed by atoms with Gasteiger partial charge in [-0.25, -0.2) is 18.2 Å². The third kappa shape index (κ3) is 1.99. The van der Waals surface area contributed by atoms with E-state index in [4.69, 9.17) is 11.6 Å². The van der Waals surface area contributed by atoms with Crippen molar-refractivity contribution in [2.45, 2.75) is 0 Å². The minimum Gasteiger partial charge on any atom is -0.259 e. The molecule has 0 saturated carbocycles. The van der Waals surface area contributed by atoms with Gasteiger partial charge in [-0.2, -0.15) is 0 Å². The maximum absolute atomic E-state index is 12.9. The summed E-state index contributed by atoms with van der Waals surface area (Å²) in [6.45, 7) is 0. The normalized spacial score (nSPS) is 10.5. The topological polar surface area (TPSA) is 25.8 Å². The third-order valence-electron chi connectivity index (χ3n) is 1.88. The van der Waals surface area contributed by atoms with Crippen LogP contribution < -0.4 is 0 Å². The Morgan fingerprint density at radius 2 is 1.62 bits per heavy atom. The number of rotatable bonds is 1. The molecule has 0 unspecified atom stereocenters. The van der Waals surface area contributed by atoms with Crippen molar-refractivity contribution in [2.75, 3.05) is 0 Å². The maximum Gasteiger partial charge on any atom is 0.194 e. The van der Waals surface area contributed by atoms with Crippen LogP contribution in [0.25, 0.3) is 11.3 Å².